The van der Waals surface area contributed by atoms with Gasteiger partial charge in [-0.1, -0.05) is 25.1 Å². The van der Waals surface area contributed by atoms with Crippen LogP contribution in [0.3, 0.4) is 0 Å². The quantitative estimate of drug-likeness (QED) is 0.896. The number of hydrogen-bond acceptors (Lipinski definition) is 3. The molecule has 0 saturated heterocycles. The van der Waals surface area contributed by atoms with Gasteiger partial charge in [0.2, 0.25) is 0 Å². The third kappa shape index (κ3) is 3.33. The van der Waals surface area contributed by atoms with Crippen LogP contribution in [0.25, 0.3) is 0 Å². The zero-order chi connectivity index (χ0) is 13.8. The van der Waals surface area contributed by atoms with Crippen LogP contribution in [0.4, 0.5) is 0 Å². The summed E-state index contributed by atoms with van der Waals surface area (Å²) >= 11 is 0. The first-order valence-corrected chi connectivity index (χ1v) is 7.94. The number of ether oxygens (including phenoxy) is 2. The van der Waals surface area contributed by atoms with Gasteiger partial charge in [-0.15, -0.1) is 0 Å². The normalized spacial score (nSPS) is 28.9. The maximum absolute atomic E-state index is 6.07. The Bertz CT molecular complexity index is 402. The Morgan fingerprint density at radius 2 is 2.00 bits per heavy atom. The zero-order valence-corrected chi connectivity index (χ0v) is 12.3. The van der Waals surface area contributed by atoms with E-state index in [0.717, 1.165) is 25.3 Å². The number of hydrogen-bond donors (Lipinski definition) is 1. The molecule has 1 atom stereocenters. The minimum atomic E-state index is 0.207. The monoisotopic (exact) mass is 275 g/mol. The molecule has 0 aromatic heterocycles. The van der Waals surface area contributed by atoms with E-state index in [4.69, 9.17) is 9.47 Å². The summed E-state index contributed by atoms with van der Waals surface area (Å²) in [6, 6.07) is 9.01. The molecule has 1 fully saturated rings. The fourth-order valence-corrected chi connectivity index (χ4v) is 3.31. The average Bonchev–Trinajstić information content (AvgIpc) is 2.90. The molecule has 3 rings (SSSR count). The third-order valence-corrected chi connectivity index (χ3v) is 4.40. The molecule has 1 aliphatic carbocycles. The van der Waals surface area contributed by atoms with Crippen LogP contribution < -0.4 is 10.1 Å². The summed E-state index contributed by atoms with van der Waals surface area (Å²) in [5, 5.41) is 3.53. The van der Waals surface area contributed by atoms with E-state index in [2.05, 4.69) is 30.4 Å². The number of rotatable bonds is 5. The van der Waals surface area contributed by atoms with Crippen LogP contribution in [0, 0.1) is 0 Å². The van der Waals surface area contributed by atoms with Crippen molar-refractivity contribution in [2.75, 3.05) is 13.2 Å². The Labute approximate surface area is 121 Å². The zero-order valence-electron chi connectivity index (χ0n) is 12.3. The van der Waals surface area contributed by atoms with E-state index < -0.39 is 0 Å². The van der Waals surface area contributed by atoms with Crippen LogP contribution in [0.15, 0.2) is 24.3 Å². The van der Waals surface area contributed by atoms with E-state index in [1.54, 1.807) is 0 Å². The maximum atomic E-state index is 6.07. The largest absolute Gasteiger partial charge is 0.487 e. The molecule has 2 aliphatic rings. The van der Waals surface area contributed by atoms with Crippen LogP contribution in [-0.4, -0.2) is 31.4 Å². The molecule has 1 aromatic carbocycles. The first-order chi connectivity index (χ1) is 9.85. The summed E-state index contributed by atoms with van der Waals surface area (Å²) in [4.78, 5) is 0. The Morgan fingerprint density at radius 3 is 2.75 bits per heavy atom. The lowest BCUT2D eigenvalue weighted by atomic mass is 9.93. The predicted octanol–water partition coefficient (Wildman–Crippen LogP) is 2.93. The molecule has 1 aliphatic heterocycles. The highest BCUT2D eigenvalue weighted by atomic mass is 16.5. The van der Waals surface area contributed by atoms with E-state index in [-0.39, 0.29) is 6.10 Å². The highest BCUT2D eigenvalue weighted by molar-refractivity contribution is 5.37. The van der Waals surface area contributed by atoms with E-state index in [1.165, 1.54) is 31.2 Å². The Balaban J connectivity index is 1.39. The minimum absolute atomic E-state index is 0.207. The van der Waals surface area contributed by atoms with Crippen molar-refractivity contribution >= 4 is 0 Å². The van der Waals surface area contributed by atoms with Crippen molar-refractivity contribution in [2.24, 2.45) is 0 Å². The fraction of sp³-hybridized carbons (Fsp3) is 0.647. The second kappa shape index (κ2) is 6.59. The first kappa shape index (κ1) is 13.9. The van der Waals surface area contributed by atoms with Gasteiger partial charge in [0.05, 0.1) is 12.7 Å². The molecule has 0 bridgehead atoms. The molecule has 20 heavy (non-hydrogen) atoms. The number of benzene rings is 1. The molecule has 3 nitrogen and oxygen atoms in total. The minimum Gasteiger partial charge on any atom is -0.487 e. The van der Waals surface area contributed by atoms with Gasteiger partial charge in [-0.25, -0.2) is 0 Å². The highest BCUT2D eigenvalue weighted by Gasteiger charge is 2.25. The van der Waals surface area contributed by atoms with Gasteiger partial charge >= 0.3 is 0 Å². The Kier molecular flexibility index (Phi) is 4.58. The van der Waals surface area contributed by atoms with E-state index >= 15 is 0 Å². The summed E-state index contributed by atoms with van der Waals surface area (Å²) in [5.41, 5.74) is 1.32. The lowest BCUT2D eigenvalue weighted by molar-refractivity contribution is -0.0138. The lowest BCUT2D eigenvalue weighted by Gasteiger charge is -2.29. The lowest BCUT2D eigenvalue weighted by Crippen LogP contribution is -2.36. The molecule has 1 N–H and O–H groups in total. The molecular formula is C17H25NO2. The molecule has 1 heterocycles. The summed E-state index contributed by atoms with van der Waals surface area (Å²) in [6.07, 6.45) is 6.46. The second-order valence-corrected chi connectivity index (χ2v) is 5.92. The van der Waals surface area contributed by atoms with Gasteiger partial charge in [0.25, 0.3) is 0 Å². The van der Waals surface area contributed by atoms with Crippen molar-refractivity contribution < 1.29 is 9.47 Å². The van der Waals surface area contributed by atoms with E-state index in [0.29, 0.717) is 12.1 Å². The molecule has 1 saturated carbocycles. The van der Waals surface area contributed by atoms with Crippen molar-refractivity contribution in [3.05, 3.63) is 29.8 Å². The van der Waals surface area contributed by atoms with Crippen LogP contribution in [0.1, 0.15) is 38.2 Å². The van der Waals surface area contributed by atoms with E-state index in [9.17, 15) is 0 Å². The maximum Gasteiger partial charge on any atom is 0.126 e. The summed E-state index contributed by atoms with van der Waals surface area (Å²) < 4.78 is 12.0. The topological polar surface area (TPSA) is 30.5 Å². The summed E-state index contributed by atoms with van der Waals surface area (Å²) in [6.45, 7) is 3.98. The summed E-state index contributed by atoms with van der Waals surface area (Å²) in [5.74, 6) is 1.04. The third-order valence-electron chi connectivity index (χ3n) is 4.40. The number of nitrogens with one attached hydrogen (secondary N) is 1. The van der Waals surface area contributed by atoms with Crippen LogP contribution >= 0.6 is 0 Å². The van der Waals surface area contributed by atoms with Gasteiger partial charge in [-0.05, 0) is 43.9 Å². The number of para-hydroxylation sites is 1. The van der Waals surface area contributed by atoms with Crippen molar-refractivity contribution in [2.45, 2.75) is 57.3 Å². The van der Waals surface area contributed by atoms with Crippen LogP contribution in [0.5, 0.6) is 5.75 Å². The molecular weight excluding hydrogens is 250 g/mol. The molecule has 0 spiro atoms. The summed E-state index contributed by atoms with van der Waals surface area (Å²) in [7, 11) is 0. The molecule has 0 radical (unpaired) electrons. The molecule has 0 amide bonds. The Hall–Kier alpha value is -1.06. The molecule has 1 unspecified atom stereocenters. The molecule has 3 heteroatoms. The van der Waals surface area contributed by atoms with Gasteiger partial charge in [-0.2, -0.15) is 0 Å². The van der Waals surface area contributed by atoms with Crippen molar-refractivity contribution in [1.82, 2.24) is 5.32 Å². The fourth-order valence-electron chi connectivity index (χ4n) is 3.31. The molecule has 1 aromatic rings. The first-order valence-electron chi connectivity index (χ1n) is 7.94. The van der Waals surface area contributed by atoms with Crippen LogP contribution in [-0.2, 0) is 11.2 Å². The van der Waals surface area contributed by atoms with Gasteiger partial charge in [0, 0.05) is 12.5 Å². The van der Waals surface area contributed by atoms with E-state index in [1.807, 2.05) is 6.07 Å². The highest BCUT2D eigenvalue weighted by Crippen LogP contribution is 2.29. The van der Waals surface area contributed by atoms with Gasteiger partial charge < -0.3 is 14.8 Å². The number of fused-ring (bicyclic) bond motifs is 1. The Morgan fingerprint density at radius 1 is 1.20 bits per heavy atom. The average molecular weight is 275 g/mol. The van der Waals surface area contributed by atoms with Gasteiger partial charge in [-0.3, -0.25) is 0 Å². The standard InChI is InChI=1S/C17H25NO2/c1-2-18-14-7-9-15(10-8-14)19-12-16-11-13-5-3-4-6-17(13)20-16/h3-6,14-16,18H,2,7-12H2,1H3. The molecule has 110 valence electrons. The van der Waals surface area contributed by atoms with Gasteiger partial charge in [0.1, 0.15) is 11.9 Å². The van der Waals surface area contributed by atoms with Crippen molar-refractivity contribution in [3.8, 4) is 5.75 Å². The predicted molar refractivity (Wildman–Crippen MR) is 80.2 cm³/mol. The van der Waals surface area contributed by atoms with Crippen LogP contribution in [0.2, 0.25) is 0 Å². The smallest absolute Gasteiger partial charge is 0.126 e. The van der Waals surface area contributed by atoms with Gasteiger partial charge in [0.15, 0.2) is 0 Å². The second-order valence-electron chi connectivity index (χ2n) is 5.92. The van der Waals surface area contributed by atoms with Crippen molar-refractivity contribution in [3.63, 3.8) is 0 Å². The van der Waals surface area contributed by atoms with Crippen molar-refractivity contribution in [1.29, 1.82) is 0 Å². The SMILES string of the molecule is CCNC1CCC(OCC2Cc3ccccc3O2)CC1.